The summed E-state index contributed by atoms with van der Waals surface area (Å²) in [7, 11) is 0. The molecule has 4 heteroatoms. The number of carbonyl (C=O) groups excluding carboxylic acids is 1. The lowest BCUT2D eigenvalue weighted by Crippen LogP contribution is -2.14. The predicted octanol–water partition coefficient (Wildman–Crippen LogP) is 5.22. The molecule has 1 aromatic heterocycles. The summed E-state index contributed by atoms with van der Waals surface area (Å²) in [5.41, 5.74) is 6.32. The molecule has 0 spiro atoms. The molecular formula is C21H22N2OS. The summed E-state index contributed by atoms with van der Waals surface area (Å²) < 4.78 is 0. The van der Waals surface area contributed by atoms with Gasteiger partial charge in [0.05, 0.1) is 17.1 Å². The number of carbonyl (C=O) groups is 1. The summed E-state index contributed by atoms with van der Waals surface area (Å²) in [4.78, 5) is 18.2. The maximum absolute atomic E-state index is 12.5. The lowest BCUT2D eigenvalue weighted by molar-refractivity contribution is -0.115. The zero-order chi connectivity index (χ0) is 18.0. The van der Waals surface area contributed by atoms with Gasteiger partial charge >= 0.3 is 0 Å². The fourth-order valence-electron chi connectivity index (χ4n) is 2.92. The van der Waals surface area contributed by atoms with E-state index in [0.29, 0.717) is 6.42 Å². The highest BCUT2D eigenvalue weighted by Crippen LogP contribution is 2.29. The van der Waals surface area contributed by atoms with Crippen LogP contribution in [0.2, 0.25) is 0 Å². The summed E-state index contributed by atoms with van der Waals surface area (Å²) >= 11 is 1.59. The van der Waals surface area contributed by atoms with E-state index < -0.39 is 0 Å². The average molecular weight is 350 g/mol. The van der Waals surface area contributed by atoms with Gasteiger partial charge in [0, 0.05) is 16.1 Å². The normalized spacial score (nSPS) is 10.7. The highest BCUT2D eigenvalue weighted by molar-refractivity contribution is 7.12. The van der Waals surface area contributed by atoms with Crippen molar-refractivity contribution in [1.82, 2.24) is 4.98 Å². The third-order valence-corrected chi connectivity index (χ3v) is 4.93. The minimum Gasteiger partial charge on any atom is -0.326 e. The molecule has 0 saturated carbocycles. The molecule has 2 aromatic carbocycles. The monoisotopic (exact) mass is 350 g/mol. The van der Waals surface area contributed by atoms with E-state index in [9.17, 15) is 4.79 Å². The summed E-state index contributed by atoms with van der Waals surface area (Å²) in [5, 5.41) is 3.99. The Kier molecular flexibility index (Phi) is 5.00. The maximum atomic E-state index is 12.5. The first-order valence-electron chi connectivity index (χ1n) is 8.32. The summed E-state index contributed by atoms with van der Waals surface area (Å²) in [6.07, 6.45) is 0.335. The Balaban J connectivity index is 1.80. The van der Waals surface area contributed by atoms with Gasteiger partial charge < -0.3 is 5.32 Å². The Labute approximate surface area is 152 Å². The minimum atomic E-state index is -0.0120. The SMILES string of the molecule is Cc1ccc(-c2nc(C)sc2CC(=O)Nc2cc(C)cc(C)c2)cc1. The van der Waals surface area contributed by atoms with Gasteiger partial charge in [-0.25, -0.2) is 4.98 Å². The van der Waals surface area contributed by atoms with Crippen LogP contribution in [-0.2, 0) is 11.2 Å². The van der Waals surface area contributed by atoms with E-state index in [0.717, 1.165) is 38.0 Å². The van der Waals surface area contributed by atoms with Crippen molar-refractivity contribution in [3.05, 3.63) is 69.0 Å². The summed E-state index contributed by atoms with van der Waals surface area (Å²) in [6.45, 7) is 8.11. The van der Waals surface area contributed by atoms with Crippen LogP contribution in [-0.4, -0.2) is 10.9 Å². The largest absolute Gasteiger partial charge is 0.326 e. The number of aromatic nitrogens is 1. The van der Waals surface area contributed by atoms with E-state index in [1.165, 1.54) is 5.56 Å². The number of aryl methyl sites for hydroxylation is 4. The molecule has 3 nitrogen and oxygen atoms in total. The van der Waals surface area contributed by atoms with Crippen LogP contribution in [0.3, 0.4) is 0 Å². The van der Waals surface area contributed by atoms with Crippen molar-refractivity contribution in [2.75, 3.05) is 5.32 Å². The predicted molar refractivity (Wildman–Crippen MR) is 105 cm³/mol. The smallest absolute Gasteiger partial charge is 0.229 e. The number of nitrogens with zero attached hydrogens (tertiary/aromatic N) is 1. The fraction of sp³-hybridized carbons (Fsp3) is 0.238. The van der Waals surface area contributed by atoms with E-state index in [-0.39, 0.29) is 5.91 Å². The summed E-state index contributed by atoms with van der Waals surface area (Å²) in [5.74, 6) is -0.0120. The molecule has 0 aliphatic carbocycles. The van der Waals surface area contributed by atoms with Crippen LogP contribution in [0.4, 0.5) is 5.69 Å². The Hall–Kier alpha value is -2.46. The number of anilines is 1. The second-order valence-electron chi connectivity index (χ2n) is 6.47. The van der Waals surface area contributed by atoms with Gasteiger partial charge in [-0.05, 0) is 51.0 Å². The van der Waals surface area contributed by atoms with E-state index in [1.807, 2.05) is 32.9 Å². The number of benzene rings is 2. The van der Waals surface area contributed by atoms with Crippen molar-refractivity contribution >= 4 is 22.9 Å². The van der Waals surface area contributed by atoms with Crippen molar-refractivity contribution in [2.45, 2.75) is 34.1 Å². The molecule has 0 radical (unpaired) electrons. The lowest BCUT2D eigenvalue weighted by Gasteiger charge is -2.08. The van der Waals surface area contributed by atoms with Crippen molar-refractivity contribution in [3.8, 4) is 11.3 Å². The van der Waals surface area contributed by atoms with Crippen molar-refractivity contribution in [1.29, 1.82) is 0 Å². The van der Waals surface area contributed by atoms with Gasteiger partial charge in [-0.1, -0.05) is 35.9 Å². The van der Waals surface area contributed by atoms with E-state index in [1.54, 1.807) is 11.3 Å². The van der Waals surface area contributed by atoms with E-state index >= 15 is 0 Å². The highest BCUT2D eigenvalue weighted by atomic mass is 32.1. The van der Waals surface area contributed by atoms with E-state index in [2.05, 4.69) is 47.6 Å². The first kappa shape index (κ1) is 17.4. The lowest BCUT2D eigenvalue weighted by atomic mass is 10.1. The first-order valence-corrected chi connectivity index (χ1v) is 9.14. The number of amides is 1. The van der Waals surface area contributed by atoms with Crippen molar-refractivity contribution in [2.24, 2.45) is 0 Å². The van der Waals surface area contributed by atoms with Crippen LogP contribution in [0.5, 0.6) is 0 Å². The molecule has 0 aliphatic rings. The second kappa shape index (κ2) is 7.19. The molecule has 0 aliphatic heterocycles. The Morgan fingerprint density at radius 3 is 2.24 bits per heavy atom. The third kappa shape index (κ3) is 4.34. The molecule has 0 unspecified atom stereocenters. The molecule has 0 bridgehead atoms. The molecule has 3 aromatic rings. The van der Waals surface area contributed by atoms with Gasteiger partial charge in [-0.2, -0.15) is 0 Å². The van der Waals surface area contributed by atoms with Gasteiger partial charge in [0.1, 0.15) is 0 Å². The van der Waals surface area contributed by atoms with Gasteiger partial charge in [-0.15, -0.1) is 11.3 Å². The van der Waals surface area contributed by atoms with Crippen LogP contribution in [0.15, 0.2) is 42.5 Å². The molecule has 0 saturated heterocycles. The maximum Gasteiger partial charge on any atom is 0.229 e. The fourth-order valence-corrected chi connectivity index (χ4v) is 3.88. The quantitative estimate of drug-likeness (QED) is 0.700. The first-order chi connectivity index (χ1) is 11.9. The van der Waals surface area contributed by atoms with Crippen LogP contribution < -0.4 is 5.32 Å². The van der Waals surface area contributed by atoms with Crippen LogP contribution in [0, 0.1) is 27.7 Å². The molecule has 1 N–H and O–H groups in total. The Morgan fingerprint density at radius 2 is 1.60 bits per heavy atom. The minimum absolute atomic E-state index is 0.0120. The number of thiazole rings is 1. The Morgan fingerprint density at radius 1 is 0.960 bits per heavy atom. The zero-order valence-electron chi connectivity index (χ0n) is 15.0. The number of hydrogen-bond acceptors (Lipinski definition) is 3. The van der Waals surface area contributed by atoms with Crippen molar-refractivity contribution in [3.63, 3.8) is 0 Å². The topological polar surface area (TPSA) is 42.0 Å². The Bertz CT molecular complexity index is 890. The third-order valence-electron chi connectivity index (χ3n) is 3.96. The molecule has 1 heterocycles. The molecule has 128 valence electrons. The van der Waals surface area contributed by atoms with Gasteiger partial charge in [-0.3, -0.25) is 4.79 Å². The molecule has 3 rings (SSSR count). The average Bonchev–Trinajstić information content (AvgIpc) is 2.87. The number of hydrogen-bond donors (Lipinski definition) is 1. The summed E-state index contributed by atoms with van der Waals surface area (Å²) in [6, 6.07) is 14.3. The van der Waals surface area contributed by atoms with Crippen molar-refractivity contribution < 1.29 is 4.79 Å². The van der Waals surface area contributed by atoms with Gasteiger partial charge in [0.2, 0.25) is 5.91 Å². The molecule has 0 fully saturated rings. The van der Waals surface area contributed by atoms with E-state index in [4.69, 9.17) is 0 Å². The van der Waals surface area contributed by atoms with Crippen LogP contribution in [0.25, 0.3) is 11.3 Å². The number of rotatable bonds is 4. The van der Waals surface area contributed by atoms with Gasteiger partial charge in [0.25, 0.3) is 0 Å². The second-order valence-corrected chi connectivity index (χ2v) is 7.76. The van der Waals surface area contributed by atoms with Gasteiger partial charge in [0.15, 0.2) is 0 Å². The molecule has 0 atom stereocenters. The molecular weight excluding hydrogens is 328 g/mol. The standard InChI is InChI=1S/C21H22N2OS/c1-13-5-7-17(8-6-13)21-19(25-16(4)22-21)12-20(24)23-18-10-14(2)9-15(3)11-18/h5-11H,12H2,1-4H3,(H,23,24). The number of nitrogens with one attached hydrogen (secondary N) is 1. The molecule has 1 amide bonds. The highest BCUT2D eigenvalue weighted by Gasteiger charge is 2.15. The van der Waals surface area contributed by atoms with Crippen LogP contribution >= 0.6 is 11.3 Å². The zero-order valence-corrected chi connectivity index (χ0v) is 15.8. The molecule has 25 heavy (non-hydrogen) atoms. The van der Waals surface area contributed by atoms with Crippen LogP contribution in [0.1, 0.15) is 26.6 Å².